The Labute approximate surface area is 99.0 Å². The molecule has 0 aliphatic carbocycles. The third-order valence-electron chi connectivity index (χ3n) is 2.17. The van der Waals surface area contributed by atoms with Gasteiger partial charge in [0.15, 0.2) is 0 Å². The first kappa shape index (κ1) is 13.6. The minimum atomic E-state index is -4.30. The summed E-state index contributed by atoms with van der Waals surface area (Å²) in [5.41, 5.74) is 0.552. The second-order valence-corrected chi connectivity index (χ2v) is 4.99. The van der Waals surface area contributed by atoms with E-state index in [-0.39, 0.29) is 0 Å². The van der Waals surface area contributed by atoms with E-state index in [1.54, 1.807) is 30.3 Å². The molecule has 0 aliphatic rings. The molecule has 6 nitrogen and oxygen atoms in total. The predicted octanol–water partition coefficient (Wildman–Crippen LogP) is -0.278. The fourth-order valence-electron chi connectivity index (χ4n) is 1.48. The summed E-state index contributed by atoms with van der Waals surface area (Å²) in [5, 5.41) is 12.0. The standard InChI is InChI=1S/C10H13NO5S/c12-7-11-10(8-4-2-1-3-5-8)9(13)6-17(14,15)16/h1-5,7,9-10,13H,6H2,(H,11,12)(H,14,15,16)/t9?,10-/m0/s1. The Morgan fingerprint density at radius 2 is 1.88 bits per heavy atom. The summed E-state index contributed by atoms with van der Waals surface area (Å²) in [6.45, 7) is 0. The largest absolute Gasteiger partial charge is 0.389 e. The number of aliphatic hydroxyl groups is 1. The average molecular weight is 259 g/mol. The molecule has 2 atom stereocenters. The van der Waals surface area contributed by atoms with Gasteiger partial charge in [-0.15, -0.1) is 0 Å². The van der Waals surface area contributed by atoms with Crippen LogP contribution < -0.4 is 5.32 Å². The molecule has 3 N–H and O–H groups in total. The van der Waals surface area contributed by atoms with Gasteiger partial charge >= 0.3 is 0 Å². The number of aliphatic hydroxyl groups excluding tert-OH is 1. The number of hydrogen-bond acceptors (Lipinski definition) is 4. The molecule has 7 heteroatoms. The third kappa shape index (κ3) is 4.51. The molecule has 0 aliphatic heterocycles. The molecule has 0 spiro atoms. The summed E-state index contributed by atoms with van der Waals surface area (Å²) in [6.07, 6.45) is -1.05. The maximum absolute atomic E-state index is 10.7. The zero-order valence-electron chi connectivity index (χ0n) is 8.85. The van der Waals surface area contributed by atoms with Crippen LogP contribution in [-0.2, 0) is 14.9 Å². The number of hydrogen-bond donors (Lipinski definition) is 3. The zero-order valence-corrected chi connectivity index (χ0v) is 9.67. The van der Waals surface area contributed by atoms with Gasteiger partial charge in [-0.2, -0.15) is 8.42 Å². The summed E-state index contributed by atoms with van der Waals surface area (Å²) in [5.74, 6) is -0.840. The van der Waals surface area contributed by atoms with Gasteiger partial charge in [0.2, 0.25) is 6.41 Å². The molecule has 94 valence electrons. The van der Waals surface area contributed by atoms with Crippen LogP contribution in [-0.4, -0.2) is 36.3 Å². The normalized spacial score (nSPS) is 14.9. The highest BCUT2D eigenvalue weighted by Crippen LogP contribution is 2.17. The maximum Gasteiger partial charge on any atom is 0.267 e. The molecule has 1 rings (SSSR count). The van der Waals surface area contributed by atoms with Gasteiger partial charge in [-0.05, 0) is 5.56 Å². The minimum absolute atomic E-state index is 0.366. The fourth-order valence-corrected chi connectivity index (χ4v) is 2.10. The van der Waals surface area contributed by atoms with E-state index in [2.05, 4.69) is 5.32 Å². The lowest BCUT2D eigenvalue weighted by Gasteiger charge is -2.21. The molecule has 1 unspecified atom stereocenters. The van der Waals surface area contributed by atoms with E-state index < -0.39 is 28.0 Å². The topological polar surface area (TPSA) is 104 Å². The van der Waals surface area contributed by atoms with Gasteiger partial charge in [0.05, 0.1) is 12.1 Å². The highest BCUT2D eigenvalue weighted by molar-refractivity contribution is 7.85. The Balaban J connectivity index is 2.90. The first-order valence-corrected chi connectivity index (χ1v) is 6.43. The lowest BCUT2D eigenvalue weighted by Crippen LogP contribution is -2.35. The monoisotopic (exact) mass is 259 g/mol. The van der Waals surface area contributed by atoms with E-state index in [4.69, 9.17) is 4.55 Å². The van der Waals surface area contributed by atoms with Crippen LogP contribution in [0, 0.1) is 0 Å². The van der Waals surface area contributed by atoms with Gasteiger partial charge in [0.25, 0.3) is 10.1 Å². The summed E-state index contributed by atoms with van der Waals surface area (Å²) < 4.78 is 30.0. The molecule has 0 aromatic heterocycles. The van der Waals surface area contributed by atoms with Gasteiger partial charge in [-0.3, -0.25) is 9.35 Å². The Morgan fingerprint density at radius 3 is 2.35 bits per heavy atom. The molecular formula is C10H13NO5S. The van der Waals surface area contributed by atoms with Crippen molar-refractivity contribution in [3.05, 3.63) is 35.9 Å². The predicted molar refractivity (Wildman–Crippen MR) is 60.8 cm³/mol. The van der Waals surface area contributed by atoms with E-state index in [9.17, 15) is 18.3 Å². The van der Waals surface area contributed by atoms with Crippen molar-refractivity contribution in [1.29, 1.82) is 0 Å². The quantitative estimate of drug-likeness (QED) is 0.481. The second kappa shape index (κ2) is 5.76. The zero-order chi connectivity index (χ0) is 12.9. The Bertz CT molecular complexity index is 459. The minimum Gasteiger partial charge on any atom is -0.389 e. The lowest BCUT2D eigenvalue weighted by molar-refractivity contribution is -0.110. The van der Waals surface area contributed by atoms with Crippen LogP contribution in [0.2, 0.25) is 0 Å². The third-order valence-corrected chi connectivity index (χ3v) is 2.94. The summed E-state index contributed by atoms with van der Waals surface area (Å²) >= 11 is 0. The van der Waals surface area contributed by atoms with Gasteiger partial charge in [0.1, 0.15) is 5.75 Å². The molecule has 1 aromatic rings. The number of amides is 1. The van der Waals surface area contributed by atoms with Gasteiger partial charge in [0, 0.05) is 0 Å². The molecule has 1 amide bonds. The molecule has 0 radical (unpaired) electrons. The summed E-state index contributed by atoms with van der Waals surface area (Å²) in [4.78, 5) is 10.4. The first-order chi connectivity index (χ1) is 7.94. The highest BCUT2D eigenvalue weighted by atomic mass is 32.2. The Hall–Kier alpha value is -1.44. The van der Waals surface area contributed by atoms with Crippen LogP contribution in [0.3, 0.4) is 0 Å². The van der Waals surface area contributed by atoms with Crippen molar-refractivity contribution < 1.29 is 22.9 Å². The number of nitrogens with one attached hydrogen (secondary N) is 1. The summed E-state index contributed by atoms with van der Waals surface area (Å²) in [7, 11) is -4.30. The first-order valence-electron chi connectivity index (χ1n) is 4.82. The number of carbonyl (C=O) groups is 1. The molecule has 0 saturated heterocycles. The maximum atomic E-state index is 10.7. The van der Waals surface area contributed by atoms with Crippen molar-refractivity contribution in [2.75, 3.05) is 5.75 Å². The van der Waals surface area contributed by atoms with Crippen molar-refractivity contribution >= 4 is 16.5 Å². The average Bonchev–Trinajstić information content (AvgIpc) is 2.24. The second-order valence-electron chi connectivity index (χ2n) is 3.49. The van der Waals surface area contributed by atoms with Crippen LogP contribution in [0.25, 0.3) is 0 Å². The van der Waals surface area contributed by atoms with Crippen LogP contribution in [0.4, 0.5) is 0 Å². The van der Waals surface area contributed by atoms with E-state index in [0.717, 1.165) is 0 Å². The van der Waals surface area contributed by atoms with Crippen LogP contribution in [0.1, 0.15) is 11.6 Å². The molecule has 0 fully saturated rings. The summed E-state index contributed by atoms with van der Waals surface area (Å²) in [6, 6.07) is 7.51. The van der Waals surface area contributed by atoms with Gasteiger partial charge < -0.3 is 10.4 Å². The molecule has 0 saturated carbocycles. The van der Waals surface area contributed by atoms with E-state index in [1.165, 1.54) is 0 Å². The Morgan fingerprint density at radius 1 is 1.29 bits per heavy atom. The number of benzene rings is 1. The van der Waals surface area contributed by atoms with Crippen LogP contribution >= 0.6 is 0 Å². The Kier molecular flexibility index (Phi) is 4.62. The number of rotatable bonds is 6. The van der Waals surface area contributed by atoms with Crippen molar-refractivity contribution in [3.63, 3.8) is 0 Å². The highest BCUT2D eigenvalue weighted by Gasteiger charge is 2.24. The van der Waals surface area contributed by atoms with Crippen molar-refractivity contribution in [1.82, 2.24) is 5.32 Å². The molecule has 17 heavy (non-hydrogen) atoms. The molecule has 1 aromatic carbocycles. The smallest absolute Gasteiger partial charge is 0.267 e. The molecular weight excluding hydrogens is 246 g/mol. The number of carbonyl (C=O) groups excluding carboxylic acids is 1. The van der Waals surface area contributed by atoms with Crippen LogP contribution in [0.5, 0.6) is 0 Å². The lowest BCUT2D eigenvalue weighted by atomic mass is 10.0. The van der Waals surface area contributed by atoms with Crippen LogP contribution in [0.15, 0.2) is 30.3 Å². The SMILES string of the molecule is O=CN[C@@H](c1ccccc1)C(O)CS(=O)(=O)O. The van der Waals surface area contributed by atoms with Crippen molar-refractivity contribution in [2.45, 2.75) is 12.1 Å². The molecule has 0 bridgehead atoms. The van der Waals surface area contributed by atoms with Crippen molar-refractivity contribution in [2.24, 2.45) is 0 Å². The van der Waals surface area contributed by atoms with E-state index in [1.807, 2.05) is 0 Å². The van der Waals surface area contributed by atoms with Crippen molar-refractivity contribution in [3.8, 4) is 0 Å². The van der Waals surface area contributed by atoms with E-state index in [0.29, 0.717) is 12.0 Å². The van der Waals surface area contributed by atoms with E-state index >= 15 is 0 Å². The fraction of sp³-hybridized carbons (Fsp3) is 0.300. The van der Waals surface area contributed by atoms with Gasteiger partial charge in [-0.25, -0.2) is 0 Å². The molecule has 0 heterocycles. The van der Waals surface area contributed by atoms with Gasteiger partial charge in [-0.1, -0.05) is 30.3 Å².